The molecule has 1 aromatic carbocycles. The highest BCUT2D eigenvalue weighted by Gasteiger charge is 2.06. The van der Waals surface area contributed by atoms with Crippen LogP contribution in [0, 0.1) is 5.92 Å². The summed E-state index contributed by atoms with van der Waals surface area (Å²) in [5.74, 6) is 1.20. The summed E-state index contributed by atoms with van der Waals surface area (Å²) >= 11 is 0. The summed E-state index contributed by atoms with van der Waals surface area (Å²) < 4.78 is 10.3. The monoisotopic (exact) mass is 222 g/mol. The van der Waals surface area contributed by atoms with Gasteiger partial charge in [-0.15, -0.1) is 0 Å². The lowest BCUT2D eigenvalue weighted by atomic mass is 10.1. The molecule has 3 nitrogen and oxygen atoms in total. The highest BCUT2D eigenvalue weighted by Crippen LogP contribution is 2.11. The molecule has 0 aliphatic carbocycles. The average Bonchev–Trinajstić information content (AvgIpc) is 2.28. The van der Waals surface area contributed by atoms with Gasteiger partial charge in [-0.1, -0.05) is 13.8 Å². The number of methoxy groups -OCH3 is 1. The van der Waals surface area contributed by atoms with Gasteiger partial charge in [0, 0.05) is 12.2 Å². The van der Waals surface area contributed by atoms with Gasteiger partial charge < -0.3 is 9.47 Å². The summed E-state index contributed by atoms with van der Waals surface area (Å²) in [6.45, 7) is 4.86. The molecule has 0 heterocycles. The van der Waals surface area contributed by atoms with Crippen molar-refractivity contribution in [2.75, 3.05) is 20.3 Å². The first-order valence-corrected chi connectivity index (χ1v) is 5.38. The van der Waals surface area contributed by atoms with E-state index in [2.05, 4.69) is 13.8 Å². The topological polar surface area (TPSA) is 35.5 Å². The van der Waals surface area contributed by atoms with Crippen molar-refractivity contribution in [3.8, 4) is 5.75 Å². The van der Waals surface area contributed by atoms with Crippen LogP contribution in [0.25, 0.3) is 0 Å². The molecule has 0 spiro atoms. The van der Waals surface area contributed by atoms with E-state index in [1.54, 1.807) is 31.4 Å². The summed E-state index contributed by atoms with van der Waals surface area (Å²) in [4.78, 5) is 11.7. The van der Waals surface area contributed by atoms with Gasteiger partial charge in [0.15, 0.2) is 5.78 Å². The zero-order valence-electron chi connectivity index (χ0n) is 10.0. The molecule has 0 amide bonds. The normalized spacial score (nSPS) is 10.5. The Bertz CT molecular complexity index is 328. The first-order valence-electron chi connectivity index (χ1n) is 5.38. The molecule has 0 fully saturated rings. The molecule has 0 aromatic heterocycles. The van der Waals surface area contributed by atoms with Crippen molar-refractivity contribution in [2.45, 2.75) is 13.8 Å². The van der Waals surface area contributed by atoms with E-state index in [0.29, 0.717) is 18.1 Å². The first-order chi connectivity index (χ1) is 7.63. The van der Waals surface area contributed by atoms with E-state index in [-0.39, 0.29) is 12.4 Å². The van der Waals surface area contributed by atoms with Crippen molar-refractivity contribution in [1.29, 1.82) is 0 Å². The van der Waals surface area contributed by atoms with Crippen LogP contribution in [0.2, 0.25) is 0 Å². The molecular formula is C13H18O3. The summed E-state index contributed by atoms with van der Waals surface area (Å²) in [5.41, 5.74) is 0.657. The standard InChI is InChI=1S/C13H18O3/c1-10(2)8-16-9-13(14)11-4-6-12(15-3)7-5-11/h4-7,10H,8-9H2,1-3H3. The largest absolute Gasteiger partial charge is 0.497 e. The van der Waals surface area contributed by atoms with Crippen LogP contribution in [0.15, 0.2) is 24.3 Å². The Labute approximate surface area is 96.4 Å². The number of carbonyl (C=O) groups excluding carboxylic acids is 1. The Morgan fingerprint density at radius 2 is 1.88 bits per heavy atom. The number of hydrogen-bond acceptors (Lipinski definition) is 3. The lowest BCUT2D eigenvalue weighted by Crippen LogP contribution is -2.12. The fourth-order valence-electron chi connectivity index (χ4n) is 1.25. The molecule has 0 saturated carbocycles. The maximum atomic E-state index is 11.7. The third kappa shape index (κ3) is 4.03. The van der Waals surface area contributed by atoms with Gasteiger partial charge in [-0.2, -0.15) is 0 Å². The molecule has 16 heavy (non-hydrogen) atoms. The van der Waals surface area contributed by atoms with Gasteiger partial charge in [-0.3, -0.25) is 4.79 Å². The Hall–Kier alpha value is -1.35. The molecular weight excluding hydrogens is 204 g/mol. The summed E-state index contributed by atoms with van der Waals surface area (Å²) in [6, 6.07) is 7.05. The van der Waals surface area contributed by atoms with Crippen LogP contribution in [0.1, 0.15) is 24.2 Å². The van der Waals surface area contributed by atoms with Crippen LogP contribution >= 0.6 is 0 Å². The number of benzene rings is 1. The fraction of sp³-hybridized carbons (Fsp3) is 0.462. The van der Waals surface area contributed by atoms with Gasteiger partial charge in [-0.25, -0.2) is 0 Å². The number of rotatable bonds is 6. The minimum absolute atomic E-state index is 0.00306. The second kappa shape index (κ2) is 6.28. The molecule has 0 unspecified atom stereocenters. The number of ketones is 1. The number of carbonyl (C=O) groups is 1. The van der Waals surface area contributed by atoms with E-state index in [4.69, 9.17) is 9.47 Å². The number of Topliss-reactive ketones (excluding diaryl/α,β-unsaturated/α-hetero) is 1. The number of ether oxygens (including phenoxy) is 2. The second-order valence-corrected chi connectivity index (χ2v) is 4.06. The van der Waals surface area contributed by atoms with E-state index in [9.17, 15) is 4.79 Å². The van der Waals surface area contributed by atoms with Gasteiger partial charge >= 0.3 is 0 Å². The first kappa shape index (κ1) is 12.7. The van der Waals surface area contributed by atoms with Crippen LogP contribution in [-0.2, 0) is 4.74 Å². The molecule has 3 heteroatoms. The number of hydrogen-bond donors (Lipinski definition) is 0. The van der Waals surface area contributed by atoms with E-state index in [0.717, 1.165) is 5.75 Å². The molecule has 0 aliphatic rings. The van der Waals surface area contributed by atoms with E-state index in [1.807, 2.05) is 0 Å². The molecule has 0 saturated heterocycles. The predicted octanol–water partition coefficient (Wildman–Crippen LogP) is 2.55. The molecule has 0 N–H and O–H groups in total. The molecule has 0 atom stereocenters. The molecule has 0 bridgehead atoms. The third-order valence-electron chi connectivity index (χ3n) is 2.10. The van der Waals surface area contributed by atoms with E-state index < -0.39 is 0 Å². The Kier molecular flexibility index (Phi) is 4.99. The van der Waals surface area contributed by atoms with Crippen LogP contribution in [-0.4, -0.2) is 26.1 Å². The molecule has 1 aromatic rings. The van der Waals surface area contributed by atoms with E-state index in [1.165, 1.54) is 0 Å². The van der Waals surface area contributed by atoms with Crippen LogP contribution in [0.5, 0.6) is 5.75 Å². The summed E-state index contributed by atoms with van der Waals surface area (Å²) in [5, 5.41) is 0. The molecule has 88 valence electrons. The maximum Gasteiger partial charge on any atom is 0.188 e. The van der Waals surface area contributed by atoms with Crippen LogP contribution in [0.3, 0.4) is 0 Å². The molecule has 0 radical (unpaired) electrons. The minimum Gasteiger partial charge on any atom is -0.497 e. The van der Waals surface area contributed by atoms with Crippen LogP contribution in [0.4, 0.5) is 0 Å². The van der Waals surface area contributed by atoms with Gasteiger partial charge in [0.1, 0.15) is 12.4 Å². The lowest BCUT2D eigenvalue weighted by Gasteiger charge is -2.06. The molecule has 1 rings (SSSR count). The Morgan fingerprint density at radius 1 is 1.25 bits per heavy atom. The second-order valence-electron chi connectivity index (χ2n) is 4.06. The van der Waals surface area contributed by atoms with Crippen LogP contribution < -0.4 is 4.74 Å². The maximum absolute atomic E-state index is 11.7. The van der Waals surface area contributed by atoms with Crippen molar-refractivity contribution in [3.05, 3.63) is 29.8 Å². The van der Waals surface area contributed by atoms with Gasteiger partial charge in [0.2, 0.25) is 0 Å². The summed E-state index contributed by atoms with van der Waals surface area (Å²) in [7, 11) is 1.60. The Balaban J connectivity index is 2.46. The zero-order chi connectivity index (χ0) is 12.0. The fourth-order valence-corrected chi connectivity index (χ4v) is 1.25. The quantitative estimate of drug-likeness (QED) is 0.694. The predicted molar refractivity (Wildman–Crippen MR) is 63.0 cm³/mol. The van der Waals surface area contributed by atoms with Gasteiger partial charge in [-0.05, 0) is 30.2 Å². The smallest absolute Gasteiger partial charge is 0.188 e. The summed E-state index contributed by atoms with van der Waals surface area (Å²) in [6.07, 6.45) is 0. The van der Waals surface area contributed by atoms with Crippen molar-refractivity contribution < 1.29 is 14.3 Å². The van der Waals surface area contributed by atoms with Crippen molar-refractivity contribution in [3.63, 3.8) is 0 Å². The average molecular weight is 222 g/mol. The van der Waals surface area contributed by atoms with Gasteiger partial charge in [0.05, 0.1) is 7.11 Å². The van der Waals surface area contributed by atoms with Gasteiger partial charge in [0.25, 0.3) is 0 Å². The van der Waals surface area contributed by atoms with Crippen molar-refractivity contribution >= 4 is 5.78 Å². The van der Waals surface area contributed by atoms with E-state index >= 15 is 0 Å². The minimum atomic E-state index is 0.00306. The molecule has 0 aliphatic heterocycles. The Morgan fingerprint density at radius 3 is 2.38 bits per heavy atom. The van der Waals surface area contributed by atoms with Crippen molar-refractivity contribution in [2.24, 2.45) is 5.92 Å². The van der Waals surface area contributed by atoms with Crippen molar-refractivity contribution in [1.82, 2.24) is 0 Å². The SMILES string of the molecule is COc1ccc(C(=O)COCC(C)C)cc1. The highest BCUT2D eigenvalue weighted by molar-refractivity contribution is 5.97. The lowest BCUT2D eigenvalue weighted by molar-refractivity contribution is 0.0705. The third-order valence-corrected chi connectivity index (χ3v) is 2.10. The highest BCUT2D eigenvalue weighted by atomic mass is 16.5. The zero-order valence-corrected chi connectivity index (χ0v) is 10.0.